The fraction of sp³-hybridized carbons (Fsp3) is 0.714. The van der Waals surface area contributed by atoms with E-state index in [9.17, 15) is 4.79 Å². The minimum absolute atomic E-state index is 0.153. The quantitative estimate of drug-likeness (QED) is 0.849. The molecule has 2 N–H and O–H groups in total. The lowest BCUT2D eigenvalue weighted by molar-refractivity contribution is -0.134. The lowest BCUT2D eigenvalue weighted by Gasteiger charge is -2.21. The summed E-state index contributed by atoms with van der Waals surface area (Å²) >= 11 is 0. The Morgan fingerprint density at radius 3 is 3.05 bits per heavy atom. The maximum Gasteiger partial charge on any atom is 0.227 e. The molecule has 19 heavy (non-hydrogen) atoms. The van der Waals surface area contributed by atoms with Crippen molar-refractivity contribution in [1.29, 1.82) is 0 Å². The van der Waals surface area contributed by atoms with Gasteiger partial charge in [0.05, 0.1) is 18.2 Å². The number of aromatic amines is 1. The highest BCUT2D eigenvalue weighted by Crippen LogP contribution is 2.23. The molecule has 1 aromatic heterocycles. The van der Waals surface area contributed by atoms with Gasteiger partial charge in [-0.3, -0.25) is 9.89 Å². The van der Waals surface area contributed by atoms with Crippen molar-refractivity contribution in [2.45, 2.75) is 38.6 Å². The van der Waals surface area contributed by atoms with Crippen molar-refractivity contribution in [3.05, 3.63) is 17.0 Å². The smallest absolute Gasteiger partial charge is 0.227 e. The summed E-state index contributed by atoms with van der Waals surface area (Å²) in [6, 6.07) is 0. The molecule has 1 fully saturated rings. The summed E-state index contributed by atoms with van der Waals surface area (Å²) in [6.07, 6.45) is 5.66. The van der Waals surface area contributed by atoms with Crippen LogP contribution in [0.4, 0.5) is 0 Å². The molecule has 3 rings (SSSR count). The molecule has 104 valence electrons. The van der Waals surface area contributed by atoms with Crippen LogP contribution in [0.1, 0.15) is 36.2 Å². The molecule has 0 aromatic carbocycles. The van der Waals surface area contributed by atoms with Crippen LogP contribution in [0, 0.1) is 5.92 Å². The van der Waals surface area contributed by atoms with Gasteiger partial charge < -0.3 is 10.2 Å². The van der Waals surface area contributed by atoms with E-state index >= 15 is 0 Å². The Balaban J connectivity index is 1.67. The fourth-order valence-corrected chi connectivity index (χ4v) is 3.16. The summed E-state index contributed by atoms with van der Waals surface area (Å²) in [6.45, 7) is 2.42. The molecular formula is C14H22N4O. The van der Waals surface area contributed by atoms with Crippen molar-refractivity contribution in [2.24, 2.45) is 5.92 Å². The molecule has 1 unspecified atom stereocenters. The van der Waals surface area contributed by atoms with E-state index in [2.05, 4.69) is 15.5 Å². The molecule has 0 bridgehead atoms. The number of hydrogen-bond donors (Lipinski definition) is 2. The van der Waals surface area contributed by atoms with Crippen LogP contribution in [0.3, 0.4) is 0 Å². The van der Waals surface area contributed by atoms with Crippen molar-refractivity contribution >= 4 is 5.91 Å². The average molecular weight is 262 g/mol. The number of amides is 1. The van der Waals surface area contributed by atoms with Gasteiger partial charge in [-0.15, -0.1) is 0 Å². The van der Waals surface area contributed by atoms with Gasteiger partial charge in [-0.1, -0.05) is 0 Å². The molecule has 5 nitrogen and oxygen atoms in total. The van der Waals surface area contributed by atoms with Crippen molar-refractivity contribution in [3.63, 3.8) is 0 Å². The van der Waals surface area contributed by atoms with Gasteiger partial charge in [0, 0.05) is 19.3 Å². The van der Waals surface area contributed by atoms with Gasteiger partial charge in [0.1, 0.15) is 0 Å². The zero-order chi connectivity index (χ0) is 13.2. The lowest BCUT2D eigenvalue weighted by Crippen LogP contribution is -2.34. The molecule has 0 spiro atoms. The van der Waals surface area contributed by atoms with E-state index in [1.807, 2.05) is 11.9 Å². The predicted molar refractivity (Wildman–Crippen MR) is 72.7 cm³/mol. The van der Waals surface area contributed by atoms with Gasteiger partial charge in [-0.25, -0.2) is 0 Å². The topological polar surface area (TPSA) is 61.0 Å². The van der Waals surface area contributed by atoms with Gasteiger partial charge in [-0.05, 0) is 44.2 Å². The second kappa shape index (κ2) is 5.33. The van der Waals surface area contributed by atoms with Crippen LogP contribution < -0.4 is 5.32 Å². The number of aryl methyl sites for hydroxylation is 1. The molecular weight excluding hydrogens is 240 g/mol. The van der Waals surface area contributed by atoms with Crippen LogP contribution >= 0.6 is 0 Å². The standard InChI is InChI=1S/C14H22N4O/c1-18(14(19)10-6-7-15-8-10)9-13-11-4-2-3-5-12(11)16-17-13/h10,15H,2-9H2,1H3,(H,16,17). The molecule has 2 aliphatic rings. The normalized spacial score (nSPS) is 22.3. The Morgan fingerprint density at radius 2 is 2.26 bits per heavy atom. The van der Waals surface area contributed by atoms with Crippen LogP contribution in [-0.2, 0) is 24.2 Å². The summed E-state index contributed by atoms with van der Waals surface area (Å²) in [5.41, 5.74) is 3.71. The highest BCUT2D eigenvalue weighted by atomic mass is 16.2. The van der Waals surface area contributed by atoms with Crippen LogP contribution in [0.5, 0.6) is 0 Å². The molecule has 1 aliphatic heterocycles. The van der Waals surface area contributed by atoms with Crippen molar-refractivity contribution < 1.29 is 4.79 Å². The minimum Gasteiger partial charge on any atom is -0.339 e. The molecule has 1 aromatic rings. The Morgan fingerprint density at radius 1 is 1.42 bits per heavy atom. The van der Waals surface area contributed by atoms with Gasteiger partial charge in [0.15, 0.2) is 0 Å². The van der Waals surface area contributed by atoms with Crippen LogP contribution in [0.15, 0.2) is 0 Å². The monoisotopic (exact) mass is 262 g/mol. The van der Waals surface area contributed by atoms with Crippen LogP contribution in [0.2, 0.25) is 0 Å². The Bertz CT molecular complexity index is 462. The Kier molecular flexibility index (Phi) is 3.55. The van der Waals surface area contributed by atoms with E-state index in [1.54, 1.807) is 0 Å². The summed E-state index contributed by atoms with van der Waals surface area (Å²) < 4.78 is 0. The molecule has 5 heteroatoms. The van der Waals surface area contributed by atoms with Crippen molar-refractivity contribution in [2.75, 3.05) is 20.1 Å². The number of nitrogens with zero attached hydrogens (tertiary/aromatic N) is 2. The lowest BCUT2D eigenvalue weighted by atomic mass is 9.96. The molecule has 1 saturated heterocycles. The Hall–Kier alpha value is -1.36. The van der Waals surface area contributed by atoms with Crippen LogP contribution in [0.25, 0.3) is 0 Å². The highest BCUT2D eigenvalue weighted by molar-refractivity contribution is 5.79. The zero-order valence-electron chi connectivity index (χ0n) is 11.5. The van der Waals surface area contributed by atoms with Gasteiger partial charge in [0.25, 0.3) is 0 Å². The SMILES string of the molecule is CN(Cc1n[nH]c2c1CCCC2)C(=O)C1CCNC1. The number of fused-ring (bicyclic) bond motifs is 1. The predicted octanol–water partition coefficient (Wildman–Crippen LogP) is 0.856. The fourth-order valence-electron chi connectivity index (χ4n) is 3.16. The van der Waals surface area contributed by atoms with Gasteiger partial charge in [-0.2, -0.15) is 5.10 Å². The molecule has 0 saturated carbocycles. The molecule has 2 heterocycles. The number of aromatic nitrogens is 2. The van der Waals surface area contributed by atoms with E-state index in [-0.39, 0.29) is 11.8 Å². The second-order valence-corrected chi connectivity index (χ2v) is 5.72. The second-order valence-electron chi connectivity index (χ2n) is 5.72. The first kappa shape index (κ1) is 12.7. The summed E-state index contributed by atoms with van der Waals surface area (Å²) in [4.78, 5) is 14.1. The third-order valence-corrected chi connectivity index (χ3v) is 4.31. The average Bonchev–Trinajstić information content (AvgIpc) is 3.08. The summed E-state index contributed by atoms with van der Waals surface area (Å²) in [7, 11) is 1.89. The van der Waals surface area contributed by atoms with E-state index in [1.165, 1.54) is 24.1 Å². The number of carbonyl (C=O) groups is 1. The molecule has 1 aliphatic carbocycles. The van der Waals surface area contributed by atoms with E-state index in [4.69, 9.17) is 0 Å². The summed E-state index contributed by atoms with van der Waals surface area (Å²) in [5, 5.41) is 10.8. The number of hydrogen-bond acceptors (Lipinski definition) is 3. The van der Waals surface area contributed by atoms with Crippen molar-refractivity contribution in [1.82, 2.24) is 20.4 Å². The maximum absolute atomic E-state index is 12.3. The maximum atomic E-state index is 12.3. The number of H-pyrrole nitrogens is 1. The van der Waals surface area contributed by atoms with E-state index in [0.717, 1.165) is 38.0 Å². The first-order valence-corrected chi connectivity index (χ1v) is 7.26. The number of nitrogens with one attached hydrogen (secondary N) is 2. The van der Waals surface area contributed by atoms with Crippen molar-refractivity contribution in [3.8, 4) is 0 Å². The van der Waals surface area contributed by atoms with Gasteiger partial charge >= 0.3 is 0 Å². The van der Waals surface area contributed by atoms with Gasteiger partial charge in [0.2, 0.25) is 5.91 Å². The number of carbonyl (C=O) groups excluding carboxylic acids is 1. The third-order valence-electron chi connectivity index (χ3n) is 4.31. The Labute approximate surface area is 113 Å². The minimum atomic E-state index is 0.153. The van der Waals surface area contributed by atoms with Crippen LogP contribution in [-0.4, -0.2) is 41.1 Å². The highest BCUT2D eigenvalue weighted by Gasteiger charge is 2.26. The zero-order valence-corrected chi connectivity index (χ0v) is 11.5. The first-order valence-electron chi connectivity index (χ1n) is 7.26. The summed E-state index contributed by atoms with van der Waals surface area (Å²) in [5.74, 6) is 0.400. The third kappa shape index (κ3) is 2.52. The largest absolute Gasteiger partial charge is 0.339 e. The first-order chi connectivity index (χ1) is 9.25. The molecule has 1 atom stereocenters. The number of rotatable bonds is 3. The molecule has 1 amide bonds. The van der Waals surface area contributed by atoms with E-state index in [0.29, 0.717) is 6.54 Å². The molecule has 0 radical (unpaired) electrons. The van der Waals surface area contributed by atoms with E-state index < -0.39 is 0 Å².